The van der Waals surface area contributed by atoms with Crippen LogP contribution in [0, 0.1) is 5.82 Å². The zero-order chi connectivity index (χ0) is 16.2. The van der Waals surface area contributed by atoms with Crippen LogP contribution in [0.25, 0.3) is 0 Å². The van der Waals surface area contributed by atoms with Gasteiger partial charge in [0.05, 0.1) is 13.2 Å². The fourth-order valence-corrected chi connectivity index (χ4v) is 1.79. The Hall–Kier alpha value is -1.09. The van der Waals surface area contributed by atoms with Gasteiger partial charge in [-0.15, -0.1) is 24.0 Å². The highest BCUT2D eigenvalue weighted by Gasteiger charge is 2.09. The van der Waals surface area contributed by atoms with E-state index in [1.54, 1.807) is 19.2 Å². The molecule has 0 aliphatic rings. The van der Waals surface area contributed by atoms with Gasteiger partial charge in [-0.1, -0.05) is 13.0 Å². The molecule has 0 aliphatic heterocycles. The molecule has 0 amide bonds. The van der Waals surface area contributed by atoms with Gasteiger partial charge in [0, 0.05) is 26.3 Å². The lowest BCUT2D eigenvalue weighted by Gasteiger charge is -2.17. The van der Waals surface area contributed by atoms with Crippen LogP contribution in [-0.4, -0.2) is 45.4 Å². The van der Waals surface area contributed by atoms with Crippen LogP contribution in [0.3, 0.4) is 0 Å². The molecule has 2 N–H and O–H groups in total. The lowest BCUT2D eigenvalue weighted by atomic mass is 10.2. The van der Waals surface area contributed by atoms with Crippen molar-refractivity contribution in [3.8, 4) is 5.75 Å². The van der Waals surface area contributed by atoms with Crippen molar-refractivity contribution in [1.82, 2.24) is 10.6 Å². The normalized spacial score (nSPS) is 12.3. The summed E-state index contributed by atoms with van der Waals surface area (Å²) in [5.74, 6) is 0.950. The predicted octanol–water partition coefficient (Wildman–Crippen LogP) is 2.80. The van der Waals surface area contributed by atoms with E-state index in [1.165, 1.54) is 12.1 Å². The summed E-state index contributed by atoms with van der Waals surface area (Å²) in [5.41, 5.74) is 0. The Morgan fingerprint density at radius 2 is 2.09 bits per heavy atom. The van der Waals surface area contributed by atoms with Crippen molar-refractivity contribution in [3.63, 3.8) is 0 Å². The van der Waals surface area contributed by atoms with Crippen molar-refractivity contribution in [2.75, 3.05) is 33.4 Å². The number of nitrogens with zero attached hydrogens (tertiary/aromatic N) is 1. The van der Waals surface area contributed by atoms with Crippen LogP contribution in [-0.2, 0) is 4.74 Å². The zero-order valence-corrected chi connectivity index (χ0v) is 16.3. The SMILES string of the molecule is CCNC(=NCC(CC)Oc1cccc(F)c1)NCCOC.I. The lowest BCUT2D eigenvalue weighted by Crippen LogP contribution is -2.39. The summed E-state index contributed by atoms with van der Waals surface area (Å²) in [4.78, 5) is 4.50. The average Bonchev–Trinajstić information content (AvgIpc) is 2.51. The van der Waals surface area contributed by atoms with Crippen LogP contribution >= 0.6 is 24.0 Å². The summed E-state index contributed by atoms with van der Waals surface area (Å²) >= 11 is 0. The van der Waals surface area contributed by atoms with Gasteiger partial charge in [-0.25, -0.2) is 9.38 Å². The third-order valence-electron chi connectivity index (χ3n) is 2.95. The average molecular weight is 439 g/mol. The Morgan fingerprint density at radius 3 is 2.70 bits per heavy atom. The largest absolute Gasteiger partial charge is 0.488 e. The number of rotatable bonds is 9. The van der Waals surface area contributed by atoms with E-state index in [4.69, 9.17) is 9.47 Å². The first-order valence-electron chi connectivity index (χ1n) is 7.62. The molecule has 0 aliphatic carbocycles. The first-order valence-corrected chi connectivity index (χ1v) is 7.62. The maximum atomic E-state index is 13.2. The van der Waals surface area contributed by atoms with Crippen molar-refractivity contribution in [1.29, 1.82) is 0 Å². The fourth-order valence-electron chi connectivity index (χ4n) is 1.79. The smallest absolute Gasteiger partial charge is 0.191 e. The van der Waals surface area contributed by atoms with E-state index in [2.05, 4.69) is 15.6 Å². The van der Waals surface area contributed by atoms with Gasteiger partial charge in [-0.3, -0.25) is 0 Å². The third kappa shape index (κ3) is 9.60. The Kier molecular flexibility index (Phi) is 12.7. The maximum absolute atomic E-state index is 13.2. The molecule has 1 aromatic carbocycles. The van der Waals surface area contributed by atoms with E-state index in [1.807, 2.05) is 13.8 Å². The van der Waals surface area contributed by atoms with Crippen molar-refractivity contribution in [2.45, 2.75) is 26.4 Å². The second-order valence-electron chi connectivity index (χ2n) is 4.74. The van der Waals surface area contributed by atoms with Crippen molar-refractivity contribution < 1.29 is 13.9 Å². The van der Waals surface area contributed by atoms with Crippen LogP contribution < -0.4 is 15.4 Å². The molecular formula is C16H27FIN3O2. The molecule has 132 valence electrons. The summed E-state index contributed by atoms with van der Waals surface area (Å²) in [7, 11) is 1.66. The number of halogens is 2. The van der Waals surface area contributed by atoms with E-state index in [9.17, 15) is 4.39 Å². The zero-order valence-electron chi connectivity index (χ0n) is 14.0. The Labute approximate surface area is 155 Å². The van der Waals surface area contributed by atoms with Gasteiger partial charge < -0.3 is 20.1 Å². The number of hydrogen-bond donors (Lipinski definition) is 2. The number of nitrogens with one attached hydrogen (secondary N) is 2. The summed E-state index contributed by atoms with van der Waals surface area (Å²) < 4.78 is 23.9. The van der Waals surface area contributed by atoms with Gasteiger partial charge >= 0.3 is 0 Å². The van der Waals surface area contributed by atoms with Crippen LogP contribution in [0.4, 0.5) is 4.39 Å². The molecule has 0 spiro atoms. The number of guanidine groups is 1. The standard InChI is InChI=1S/C16H26FN3O2.HI/c1-4-14(22-15-8-6-7-13(17)11-15)12-20-16(18-5-2)19-9-10-21-3;/h6-8,11,14H,4-5,9-10,12H2,1-3H3,(H2,18,19,20);1H. The monoisotopic (exact) mass is 439 g/mol. The van der Waals surface area contributed by atoms with Gasteiger partial charge in [-0.2, -0.15) is 0 Å². The van der Waals surface area contributed by atoms with E-state index in [0.29, 0.717) is 25.4 Å². The quantitative estimate of drug-likeness (QED) is 0.269. The molecule has 0 heterocycles. The molecule has 1 unspecified atom stereocenters. The minimum atomic E-state index is -0.301. The molecule has 7 heteroatoms. The number of benzene rings is 1. The molecule has 0 aromatic heterocycles. The van der Waals surface area contributed by atoms with Crippen LogP contribution in [0.1, 0.15) is 20.3 Å². The van der Waals surface area contributed by atoms with Crippen molar-refractivity contribution in [2.24, 2.45) is 4.99 Å². The number of methoxy groups -OCH3 is 1. The molecule has 0 radical (unpaired) electrons. The number of hydrogen-bond acceptors (Lipinski definition) is 3. The van der Waals surface area contributed by atoms with Crippen molar-refractivity contribution >= 4 is 29.9 Å². The third-order valence-corrected chi connectivity index (χ3v) is 2.95. The van der Waals surface area contributed by atoms with Crippen LogP contribution in [0.5, 0.6) is 5.75 Å². The summed E-state index contributed by atoms with van der Waals surface area (Å²) in [5, 5.41) is 6.33. The molecule has 23 heavy (non-hydrogen) atoms. The second-order valence-corrected chi connectivity index (χ2v) is 4.74. The minimum absolute atomic E-state index is 0. The number of aliphatic imine (C=N–C) groups is 1. The summed E-state index contributed by atoms with van der Waals surface area (Å²) in [6, 6.07) is 6.16. The minimum Gasteiger partial charge on any atom is -0.488 e. The van der Waals surface area contributed by atoms with Gasteiger partial charge in [0.15, 0.2) is 5.96 Å². The van der Waals surface area contributed by atoms with E-state index in [0.717, 1.165) is 18.9 Å². The fraction of sp³-hybridized carbons (Fsp3) is 0.562. The molecule has 1 atom stereocenters. The highest BCUT2D eigenvalue weighted by atomic mass is 127. The van der Waals surface area contributed by atoms with E-state index >= 15 is 0 Å². The molecule has 0 saturated carbocycles. The highest BCUT2D eigenvalue weighted by Crippen LogP contribution is 2.15. The van der Waals surface area contributed by atoms with Gasteiger partial charge in [-0.05, 0) is 25.5 Å². The molecule has 0 fully saturated rings. The topological polar surface area (TPSA) is 54.9 Å². The van der Waals surface area contributed by atoms with E-state index in [-0.39, 0.29) is 35.9 Å². The molecular weight excluding hydrogens is 412 g/mol. The van der Waals surface area contributed by atoms with Crippen LogP contribution in [0.15, 0.2) is 29.3 Å². The number of ether oxygens (including phenoxy) is 2. The lowest BCUT2D eigenvalue weighted by molar-refractivity contribution is 0.202. The first kappa shape index (κ1) is 21.9. The van der Waals surface area contributed by atoms with Gasteiger partial charge in [0.1, 0.15) is 17.7 Å². The predicted molar refractivity (Wildman–Crippen MR) is 102 cm³/mol. The summed E-state index contributed by atoms with van der Waals surface area (Å²) in [6.07, 6.45) is 0.692. The highest BCUT2D eigenvalue weighted by molar-refractivity contribution is 14.0. The molecule has 1 rings (SSSR count). The van der Waals surface area contributed by atoms with Gasteiger partial charge in [0.2, 0.25) is 0 Å². The van der Waals surface area contributed by atoms with Crippen LogP contribution in [0.2, 0.25) is 0 Å². The molecule has 1 aromatic rings. The molecule has 5 nitrogen and oxygen atoms in total. The Balaban J connectivity index is 0.00000484. The summed E-state index contributed by atoms with van der Waals surface area (Å²) in [6.45, 7) is 6.60. The van der Waals surface area contributed by atoms with E-state index < -0.39 is 0 Å². The Bertz CT molecular complexity index is 461. The maximum Gasteiger partial charge on any atom is 0.191 e. The molecule has 0 saturated heterocycles. The molecule has 0 bridgehead atoms. The van der Waals surface area contributed by atoms with Gasteiger partial charge in [0.25, 0.3) is 0 Å². The van der Waals surface area contributed by atoms with Crippen molar-refractivity contribution in [3.05, 3.63) is 30.1 Å². The Morgan fingerprint density at radius 1 is 1.30 bits per heavy atom. The first-order chi connectivity index (χ1) is 10.7. The second kappa shape index (κ2) is 13.4.